The first-order valence-corrected chi connectivity index (χ1v) is 14.9. The lowest BCUT2D eigenvalue weighted by Gasteiger charge is -2.29. The summed E-state index contributed by atoms with van der Waals surface area (Å²) in [6, 6.07) is 10.5. The summed E-state index contributed by atoms with van der Waals surface area (Å²) in [7, 11) is 1.60. The summed E-state index contributed by atoms with van der Waals surface area (Å²) in [5.74, 6) is 5.96. The van der Waals surface area contributed by atoms with Crippen LogP contribution in [0.2, 0.25) is 0 Å². The van der Waals surface area contributed by atoms with Gasteiger partial charge in [0.25, 0.3) is 5.56 Å². The molecule has 224 valence electrons. The number of aromatic nitrogens is 3. The van der Waals surface area contributed by atoms with E-state index in [0.29, 0.717) is 39.6 Å². The van der Waals surface area contributed by atoms with E-state index in [1.807, 2.05) is 31.2 Å². The summed E-state index contributed by atoms with van der Waals surface area (Å²) >= 11 is 1.30. The summed E-state index contributed by atoms with van der Waals surface area (Å²) in [6.07, 6.45) is 2.15. The fraction of sp³-hybridized carbons (Fsp3) is 0.375. The molecule has 0 amide bonds. The molecule has 1 atom stereocenters. The summed E-state index contributed by atoms with van der Waals surface area (Å²) in [5, 5.41) is 0.377. The van der Waals surface area contributed by atoms with Gasteiger partial charge in [-0.1, -0.05) is 24.1 Å². The van der Waals surface area contributed by atoms with E-state index in [4.69, 9.17) is 18.9 Å². The minimum Gasteiger partial charge on any atom is -0.496 e. The molecule has 0 N–H and O–H groups in total. The number of carbonyl (C=O) groups excluding carboxylic acids is 1. The van der Waals surface area contributed by atoms with Crippen molar-refractivity contribution in [3.05, 3.63) is 85.1 Å². The monoisotopic (exact) mass is 603 g/mol. The van der Waals surface area contributed by atoms with E-state index in [1.54, 1.807) is 25.5 Å². The highest BCUT2D eigenvalue weighted by Crippen LogP contribution is 2.34. The molecule has 1 aliphatic heterocycles. The van der Waals surface area contributed by atoms with Crippen LogP contribution < -0.4 is 16.0 Å². The van der Waals surface area contributed by atoms with E-state index in [9.17, 15) is 14.4 Å². The van der Waals surface area contributed by atoms with E-state index in [0.717, 1.165) is 23.0 Å². The van der Waals surface area contributed by atoms with E-state index in [-0.39, 0.29) is 30.6 Å². The van der Waals surface area contributed by atoms with Crippen molar-refractivity contribution in [2.75, 3.05) is 26.9 Å². The zero-order chi connectivity index (χ0) is 30.5. The second-order valence-corrected chi connectivity index (χ2v) is 10.9. The van der Waals surface area contributed by atoms with Gasteiger partial charge in [-0.25, -0.2) is 19.1 Å². The Hall–Kier alpha value is -4.24. The van der Waals surface area contributed by atoms with Gasteiger partial charge < -0.3 is 18.9 Å². The Labute approximate surface area is 252 Å². The lowest BCUT2D eigenvalue weighted by atomic mass is 10.1. The number of fused-ring (bicyclic) bond motifs is 1. The second kappa shape index (κ2) is 13.4. The molecule has 4 heterocycles. The number of para-hydroxylation sites is 1. The van der Waals surface area contributed by atoms with Gasteiger partial charge in [-0.3, -0.25) is 9.36 Å². The maximum atomic E-state index is 14.4. The maximum absolute atomic E-state index is 14.4. The fourth-order valence-electron chi connectivity index (χ4n) is 5.20. The minimum atomic E-state index is -0.646. The predicted molar refractivity (Wildman–Crippen MR) is 163 cm³/mol. The van der Waals surface area contributed by atoms with Crippen LogP contribution in [0.5, 0.6) is 5.75 Å². The van der Waals surface area contributed by atoms with Crippen molar-refractivity contribution in [2.45, 2.75) is 52.4 Å². The van der Waals surface area contributed by atoms with Gasteiger partial charge in [0, 0.05) is 25.0 Å². The Morgan fingerprint density at radius 1 is 1.21 bits per heavy atom. The number of ether oxygens (including phenoxy) is 4. The van der Waals surface area contributed by atoms with Gasteiger partial charge in [-0.05, 0) is 57.4 Å². The molecular formula is C32H33N3O7S. The Morgan fingerprint density at radius 2 is 1.98 bits per heavy atom. The van der Waals surface area contributed by atoms with Crippen LogP contribution in [0.25, 0.3) is 15.9 Å². The third kappa shape index (κ3) is 6.13. The molecule has 1 fully saturated rings. The van der Waals surface area contributed by atoms with Crippen molar-refractivity contribution in [1.29, 1.82) is 0 Å². The molecule has 0 bridgehead atoms. The zero-order valence-electron chi connectivity index (χ0n) is 24.5. The number of methoxy groups -OCH3 is 1. The molecule has 1 saturated heterocycles. The number of esters is 1. The SMILES string of the molecule is CC#Cc1sc2c(c1C)c(=O)n(-c1ccnc(C(=O)OCC)c1)c(=O)n2C[C@H](OC1CCOCC1)c1ccccc1OC. The first kappa shape index (κ1) is 30.2. The topological polar surface area (TPSA) is 111 Å². The van der Waals surface area contributed by atoms with Crippen LogP contribution in [0.4, 0.5) is 0 Å². The highest BCUT2D eigenvalue weighted by Gasteiger charge is 2.28. The van der Waals surface area contributed by atoms with Crippen molar-refractivity contribution < 1.29 is 23.7 Å². The van der Waals surface area contributed by atoms with Gasteiger partial charge in [-0.2, -0.15) is 0 Å². The lowest BCUT2D eigenvalue weighted by molar-refractivity contribution is -0.0752. The van der Waals surface area contributed by atoms with Crippen LogP contribution in [-0.4, -0.2) is 53.1 Å². The van der Waals surface area contributed by atoms with Gasteiger partial charge in [0.05, 0.1) is 42.3 Å². The smallest absolute Gasteiger partial charge is 0.356 e. The Balaban J connectivity index is 1.73. The minimum absolute atomic E-state index is 0.00775. The summed E-state index contributed by atoms with van der Waals surface area (Å²) in [6.45, 7) is 6.68. The Morgan fingerprint density at radius 3 is 2.70 bits per heavy atom. The number of hydrogen-bond acceptors (Lipinski definition) is 9. The molecule has 1 aromatic carbocycles. The van der Waals surface area contributed by atoms with Gasteiger partial charge in [0.15, 0.2) is 0 Å². The quantitative estimate of drug-likeness (QED) is 0.204. The molecule has 4 aromatic rings. The van der Waals surface area contributed by atoms with E-state index in [1.165, 1.54) is 29.7 Å². The summed E-state index contributed by atoms with van der Waals surface area (Å²) in [5.41, 5.74) is 0.578. The van der Waals surface area contributed by atoms with Gasteiger partial charge in [0.1, 0.15) is 22.4 Å². The third-order valence-electron chi connectivity index (χ3n) is 7.30. The molecule has 3 aromatic heterocycles. The van der Waals surface area contributed by atoms with Crippen LogP contribution >= 0.6 is 11.3 Å². The van der Waals surface area contributed by atoms with Gasteiger partial charge in [0.2, 0.25) is 0 Å². The average Bonchev–Trinajstić information content (AvgIpc) is 3.35. The van der Waals surface area contributed by atoms with Crippen molar-refractivity contribution in [3.63, 3.8) is 0 Å². The van der Waals surface area contributed by atoms with Crippen molar-refractivity contribution >= 4 is 27.5 Å². The molecule has 10 nitrogen and oxygen atoms in total. The molecular weight excluding hydrogens is 570 g/mol. The number of carbonyl (C=O) groups is 1. The van der Waals surface area contributed by atoms with Crippen molar-refractivity contribution in [3.8, 4) is 23.3 Å². The Kier molecular flexibility index (Phi) is 9.40. The number of pyridine rings is 1. The highest BCUT2D eigenvalue weighted by molar-refractivity contribution is 7.19. The van der Waals surface area contributed by atoms with E-state index in [2.05, 4.69) is 16.8 Å². The molecule has 0 spiro atoms. The van der Waals surface area contributed by atoms with Crippen LogP contribution in [0.3, 0.4) is 0 Å². The molecule has 0 aliphatic carbocycles. The molecule has 43 heavy (non-hydrogen) atoms. The summed E-state index contributed by atoms with van der Waals surface area (Å²) in [4.78, 5) is 46.1. The zero-order valence-corrected chi connectivity index (χ0v) is 25.4. The fourth-order valence-corrected chi connectivity index (χ4v) is 6.41. The van der Waals surface area contributed by atoms with Crippen LogP contribution in [0.15, 0.2) is 52.2 Å². The van der Waals surface area contributed by atoms with Crippen LogP contribution in [0.1, 0.15) is 59.3 Å². The normalized spacial score (nSPS) is 14.2. The molecule has 1 aliphatic rings. The molecule has 0 radical (unpaired) electrons. The number of rotatable bonds is 9. The van der Waals surface area contributed by atoms with E-state index >= 15 is 0 Å². The lowest BCUT2D eigenvalue weighted by Crippen LogP contribution is -2.40. The van der Waals surface area contributed by atoms with Gasteiger partial charge >= 0.3 is 11.7 Å². The van der Waals surface area contributed by atoms with Crippen LogP contribution in [0, 0.1) is 18.8 Å². The van der Waals surface area contributed by atoms with Crippen LogP contribution in [-0.2, 0) is 20.8 Å². The Bertz CT molecular complexity index is 1820. The first-order valence-electron chi connectivity index (χ1n) is 14.1. The standard InChI is InChI=1S/C32H33N3O7S/c1-5-9-27-20(3)28-29(36)35(21-12-15-33-24(18-21)31(37)41-6-2)32(38)34(30(28)43-27)19-26(42-22-13-16-40-17-14-22)23-10-7-8-11-25(23)39-4/h7-8,10-12,15,18,22,26H,6,13-14,16-17,19H2,1-4H3/t26-/m0/s1. The average molecular weight is 604 g/mol. The van der Waals surface area contributed by atoms with Gasteiger partial charge in [-0.15, -0.1) is 17.3 Å². The highest BCUT2D eigenvalue weighted by atomic mass is 32.1. The molecule has 0 unspecified atom stereocenters. The second-order valence-electron chi connectivity index (χ2n) is 9.94. The van der Waals surface area contributed by atoms with E-state index < -0.39 is 23.3 Å². The first-order chi connectivity index (χ1) is 20.9. The number of aryl methyl sites for hydroxylation is 1. The number of hydrogen-bond donors (Lipinski definition) is 0. The third-order valence-corrected chi connectivity index (χ3v) is 8.53. The number of thiophene rings is 1. The van der Waals surface area contributed by atoms with Crippen molar-refractivity contribution in [2.24, 2.45) is 0 Å². The van der Waals surface area contributed by atoms with Crippen molar-refractivity contribution in [1.82, 2.24) is 14.1 Å². The predicted octanol–water partition coefficient (Wildman–Crippen LogP) is 4.41. The molecule has 5 rings (SSSR count). The maximum Gasteiger partial charge on any atom is 0.356 e. The molecule has 11 heteroatoms. The summed E-state index contributed by atoms with van der Waals surface area (Å²) < 4.78 is 25.6. The number of benzene rings is 1. The molecule has 0 saturated carbocycles. The number of nitrogens with zero attached hydrogens (tertiary/aromatic N) is 3. The largest absolute Gasteiger partial charge is 0.496 e.